The number of anilines is 1. The van der Waals surface area contributed by atoms with E-state index in [1.54, 1.807) is 14.2 Å². The van der Waals surface area contributed by atoms with Crippen LogP contribution in [-0.2, 0) is 4.79 Å². The molecule has 0 aromatic heterocycles. The maximum atomic E-state index is 12.4. The van der Waals surface area contributed by atoms with Crippen molar-refractivity contribution in [1.82, 2.24) is 0 Å². The Morgan fingerprint density at radius 1 is 0.926 bits per heavy atom. The van der Waals surface area contributed by atoms with Gasteiger partial charge in [0.25, 0.3) is 0 Å². The molecule has 1 aliphatic heterocycles. The lowest BCUT2D eigenvalue weighted by Crippen LogP contribution is -2.24. The first-order valence-corrected chi connectivity index (χ1v) is 9.06. The fourth-order valence-corrected chi connectivity index (χ4v) is 3.39. The molecule has 0 bridgehead atoms. The largest absolute Gasteiger partial charge is 0.497 e. The molecule has 0 saturated carbocycles. The van der Waals surface area contributed by atoms with E-state index in [1.807, 2.05) is 44.2 Å². The highest BCUT2D eigenvalue weighted by Crippen LogP contribution is 2.45. The summed E-state index contributed by atoms with van der Waals surface area (Å²) >= 11 is 0. The minimum absolute atomic E-state index is 0.0445. The lowest BCUT2D eigenvalue weighted by Gasteiger charge is -2.28. The number of benzene rings is 2. The molecule has 0 unspecified atom stereocenters. The van der Waals surface area contributed by atoms with Gasteiger partial charge in [-0.3, -0.25) is 4.79 Å². The molecule has 1 amide bonds. The molecule has 27 heavy (non-hydrogen) atoms. The van der Waals surface area contributed by atoms with Crippen LogP contribution in [0.2, 0.25) is 0 Å². The molecule has 1 aliphatic rings. The molecule has 0 saturated heterocycles. The van der Waals surface area contributed by atoms with Gasteiger partial charge < -0.3 is 24.3 Å². The van der Waals surface area contributed by atoms with Crippen LogP contribution in [0.4, 0.5) is 5.69 Å². The van der Waals surface area contributed by atoms with Crippen LogP contribution >= 0.6 is 0 Å². The van der Waals surface area contributed by atoms with Crippen LogP contribution in [0.15, 0.2) is 30.3 Å². The molecule has 6 nitrogen and oxygen atoms in total. The number of nitrogens with one attached hydrogen (secondary N) is 1. The predicted molar refractivity (Wildman–Crippen MR) is 103 cm³/mol. The van der Waals surface area contributed by atoms with Gasteiger partial charge in [0.1, 0.15) is 11.5 Å². The van der Waals surface area contributed by atoms with E-state index < -0.39 is 0 Å². The van der Waals surface area contributed by atoms with Crippen LogP contribution in [-0.4, -0.2) is 33.3 Å². The minimum Gasteiger partial charge on any atom is -0.497 e. The van der Waals surface area contributed by atoms with Crippen molar-refractivity contribution < 1.29 is 23.7 Å². The number of fused-ring (bicyclic) bond motifs is 1. The zero-order valence-electron chi connectivity index (χ0n) is 16.1. The first-order valence-electron chi connectivity index (χ1n) is 9.06. The van der Waals surface area contributed by atoms with E-state index in [4.69, 9.17) is 18.9 Å². The number of rotatable bonds is 7. The third kappa shape index (κ3) is 3.79. The zero-order chi connectivity index (χ0) is 19.4. The average molecular weight is 371 g/mol. The van der Waals surface area contributed by atoms with Crippen LogP contribution in [0.25, 0.3) is 0 Å². The smallest absolute Gasteiger partial charge is 0.225 e. The Kier molecular flexibility index (Phi) is 5.74. The summed E-state index contributed by atoms with van der Waals surface area (Å²) in [5.41, 5.74) is 2.65. The Morgan fingerprint density at radius 2 is 1.63 bits per heavy atom. The van der Waals surface area contributed by atoms with Gasteiger partial charge in [0, 0.05) is 35.7 Å². The van der Waals surface area contributed by atoms with Gasteiger partial charge in [-0.25, -0.2) is 0 Å². The van der Waals surface area contributed by atoms with Crippen LogP contribution in [0.3, 0.4) is 0 Å². The maximum Gasteiger partial charge on any atom is 0.225 e. The van der Waals surface area contributed by atoms with Gasteiger partial charge in [0.15, 0.2) is 11.5 Å². The molecule has 0 radical (unpaired) electrons. The highest BCUT2D eigenvalue weighted by molar-refractivity contribution is 5.96. The van der Waals surface area contributed by atoms with Crippen LogP contribution in [0.5, 0.6) is 23.0 Å². The average Bonchev–Trinajstić information content (AvgIpc) is 2.68. The molecular formula is C21H25NO5. The third-order valence-corrected chi connectivity index (χ3v) is 4.57. The standard InChI is InChI=1S/C21H25NO5/c1-5-26-19-10-16-15(14-8-7-13(24-3)9-18(14)25-4)11-21(23)22-17(16)12-20(19)27-6-2/h7-10,12,15H,5-6,11H2,1-4H3,(H,22,23)/t15-/m1/s1. The van der Waals surface area contributed by atoms with E-state index in [2.05, 4.69) is 5.32 Å². The van der Waals surface area contributed by atoms with Gasteiger partial charge >= 0.3 is 0 Å². The summed E-state index contributed by atoms with van der Waals surface area (Å²) in [6.45, 7) is 4.89. The number of hydrogen-bond acceptors (Lipinski definition) is 5. The number of carbonyl (C=O) groups is 1. The number of amides is 1. The Hall–Kier alpha value is -2.89. The molecule has 2 aromatic rings. The normalized spacial score (nSPS) is 15.6. The molecule has 0 fully saturated rings. The van der Waals surface area contributed by atoms with Crippen molar-refractivity contribution in [1.29, 1.82) is 0 Å². The predicted octanol–water partition coefficient (Wildman–Crippen LogP) is 3.98. The van der Waals surface area contributed by atoms with Crippen molar-refractivity contribution in [3.05, 3.63) is 41.5 Å². The number of carbonyl (C=O) groups excluding carboxylic acids is 1. The topological polar surface area (TPSA) is 66.0 Å². The Balaban J connectivity index is 2.12. The SMILES string of the molecule is CCOc1cc2c(cc1OCC)[C@@H](c1ccc(OC)cc1OC)CC(=O)N2. The van der Waals surface area contributed by atoms with E-state index >= 15 is 0 Å². The van der Waals surface area contributed by atoms with E-state index in [9.17, 15) is 4.79 Å². The van der Waals surface area contributed by atoms with Crippen LogP contribution < -0.4 is 24.3 Å². The first kappa shape index (κ1) is 18.9. The summed E-state index contributed by atoms with van der Waals surface area (Å²) in [5.74, 6) is 2.50. The molecule has 0 spiro atoms. The fraction of sp³-hybridized carbons (Fsp3) is 0.381. The summed E-state index contributed by atoms with van der Waals surface area (Å²) in [4.78, 5) is 12.4. The van der Waals surface area contributed by atoms with Gasteiger partial charge in [-0.1, -0.05) is 6.07 Å². The summed E-state index contributed by atoms with van der Waals surface area (Å²) in [5, 5.41) is 2.95. The quantitative estimate of drug-likeness (QED) is 0.798. The molecule has 3 rings (SSSR count). The second-order valence-corrected chi connectivity index (χ2v) is 6.16. The highest BCUT2D eigenvalue weighted by atomic mass is 16.5. The summed E-state index contributed by atoms with van der Waals surface area (Å²) < 4.78 is 22.3. The van der Waals surface area contributed by atoms with Gasteiger partial charge in [-0.05, 0) is 31.5 Å². The molecular weight excluding hydrogens is 346 g/mol. The van der Waals surface area contributed by atoms with E-state index in [0.717, 1.165) is 16.8 Å². The van der Waals surface area contributed by atoms with Gasteiger partial charge in [0.2, 0.25) is 5.91 Å². The second-order valence-electron chi connectivity index (χ2n) is 6.16. The van der Waals surface area contributed by atoms with Crippen LogP contribution in [0, 0.1) is 0 Å². The van der Waals surface area contributed by atoms with Crippen molar-refractivity contribution >= 4 is 11.6 Å². The van der Waals surface area contributed by atoms with Crippen molar-refractivity contribution in [2.24, 2.45) is 0 Å². The number of ether oxygens (including phenoxy) is 4. The second kappa shape index (κ2) is 8.20. The van der Waals surface area contributed by atoms with E-state index in [0.29, 0.717) is 42.6 Å². The third-order valence-electron chi connectivity index (χ3n) is 4.57. The summed E-state index contributed by atoms with van der Waals surface area (Å²) in [7, 11) is 3.23. The zero-order valence-corrected chi connectivity index (χ0v) is 16.1. The molecule has 0 aliphatic carbocycles. The maximum absolute atomic E-state index is 12.4. The first-order chi connectivity index (χ1) is 13.1. The molecule has 6 heteroatoms. The Bertz CT molecular complexity index is 834. The molecule has 1 atom stereocenters. The molecule has 1 heterocycles. The lowest BCUT2D eigenvalue weighted by molar-refractivity contribution is -0.116. The Labute approximate surface area is 159 Å². The van der Waals surface area contributed by atoms with Crippen molar-refractivity contribution in [3.8, 4) is 23.0 Å². The molecule has 2 aromatic carbocycles. The van der Waals surface area contributed by atoms with Gasteiger partial charge in [-0.15, -0.1) is 0 Å². The van der Waals surface area contributed by atoms with Crippen LogP contribution in [0.1, 0.15) is 37.3 Å². The van der Waals surface area contributed by atoms with E-state index in [-0.39, 0.29) is 11.8 Å². The Morgan fingerprint density at radius 3 is 2.26 bits per heavy atom. The highest BCUT2D eigenvalue weighted by Gasteiger charge is 2.30. The van der Waals surface area contributed by atoms with Crippen molar-refractivity contribution in [2.45, 2.75) is 26.2 Å². The van der Waals surface area contributed by atoms with E-state index in [1.165, 1.54) is 0 Å². The minimum atomic E-state index is -0.149. The van der Waals surface area contributed by atoms with Gasteiger partial charge in [-0.2, -0.15) is 0 Å². The van der Waals surface area contributed by atoms with Crippen molar-refractivity contribution in [3.63, 3.8) is 0 Å². The monoisotopic (exact) mass is 371 g/mol. The fourth-order valence-electron chi connectivity index (χ4n) is 3.39. The molecule has 144 valence electrons. The lowest BCUT2D eigenvalue weighted by atomic mass is 9.84. The number of methoxy groups -OCH3 is 2. The number of hydrogen-bond donors (Lipinski definition) is 1. The van der Waals surface area contributed by atoms with Gasteiger partial charge in [0.05, 0.1) is 27.4 Å². The summed E-state index contributed by atoms with van der Waals surface area (Å²) in [6.07, 6.45) is 0.329. The van der Waals surface area contributed by atoms with Crippen molar-refractivity contribution in [2.75, 3.05) is 32.8 Å². The summed E-state index contributed by atoms with van der Waals surface area (Å²) in [6, 6.07) is 9.45. The molecule has 1 N–H and O–H groups in total.